The van der Waals surface area contributed by atoms with E-state index < -0.39 is 0 Å². The SMILES string of the molecule is CC1CCCCC1N=Cc1cc(-c2ccccc2)cc(C(C)(C)C)c1O. The van der Waals surface area contributed by atoms with Crippen LogP contribution in [0.15, 0.2) is 47.5 Å². The Hall–Kier alpha value is -2.09. The number of rotatable bonds is 3. The summed E-state index contributed by atoms with van der Waals surface area (Å²) in [5, 5.41) is 10.9. The second kappa shape index (κ2) is 7.65. The molecule has 2 heteroatoms. The maximum atomic E-state index is 10.9. The molecule has 0 radical (unpaired) electrons. The van der Waals surface area contributed by atoms with Crippen LogP contribution in [0.3, 0.4) is 0 Å². The van der Waals surface area contributed by atoms with E-state index in [1.54, 1.807) is 0 Å². The molecule has 138 valence electrons. The minimum absolute atomic E-state index is 0.129. The molecule has 2 aromatic carbocycles. The molecule has 2 nitrogen and oxygen atoms in total. The van der Waals surface area contributed by atoms with E-state index in [0.29, 0.717) is 17.7 Å². The predicted octanol–water partition coefficient (Wildman–Crippen LogP) is 6.35. The molecule has 0 heterocycles. The Bertz CT molecular complexity index is 771. The number of phenolic OH excluding ortho intramolecular Hbond substituents is 1. The van der Waals surface area contributed by atoms with E-state index in [4.69, 9.17) is 4.99 Å². The maximum absolute atomic E-state index is 10.9. The van der Waals surface area contributed by atoms with Gasteiger partial charge in [-0.15, -0.1) is 0 Å². The summed E-state index contributed by atoms with van der Waals surface area (Å²) in [4.78, 5) is 4.87. The normalized spacial score (nSPS) is 21.2. The highest BCUT2D eigenvalue weighted by atomic mass is 16.3. The van der Waals surface area contributed by atoms with Crippen LogP contribution < -0.4 is 0 Å². The molecule has 26 heavy (non-hydrogen) atoms. The van der Waals surface area contributed by atoms with Gasteiger partial charge in [-0.2, -0.15) is 0 Å². The minimum Gasteiger partial charge on any atom is -0.507 e. The first kappa shape index (κ1) is 18.7. The number of aromatic hydroxyl groups is 1. The summed E-state index contributed by atoms with van der Waals surface area (Å²) >= 11 is 0. The number of benzene rings is 2. The fraction of sp³-hybridized carbons (Fsp3) is 0.458. The van der Waals surface area contributed by atoms with Crippen LogP contribution in [0.4, 0.5) is 0 Å². The molecule has 0 aromatic heterocycles. The lowest BCUT2D eigenvalue weighted by Gasteiger charge is -2.25. The number of aliphatic imine (C=N–C) groups is 1. The molecule has 1 N–H and O–H groups in total. The van der Waals surface area contributed by atoms with Crippen molar-refractivity contribution < 1.29 is 5.11 Å². The zero-order valence-corrected chi connectivity index (χ0v) is 16.5. The highest BCUT2D eigenvalue weighted by molar-refractivity contribution is 5.87. The van der Waals surface area contributed by atoms with Crippen molar-refractivity contribution in [3.8, 4) is 16.9 Å². The van der Waals surface area contributed by atoms with Crippen molar-refractivity contribution in [2.45, 2.75) is 64.8 Å². The van der Waals surface area contributed by atoms with Crippen molar-refractivity contribution in [1.82, 2.24) is 0 Å². The quantitative estimate of drug-likeness (QED) is 0.643. The average Bonchev–Trinajstić information content (AvgIpc) is 2.62. The van der Waals surface area contributed by atoms with Gasteiger partial charge in [0.1, 0.15) is 5.75 Å². The first-order valence-corrected chi connectivity index (χ1v) is 9.82. The van der Waals surface area contributed by atoms with E-state index in [1.165, 1.54) is 24.8 Å². The monoisotopic (exact) mass is 349 g/mol. The van der Waals surface area contributed by atoms with Crippen LogP contribution in [0.5, 0.6) is 5.75 Å². The maximum Gasteiger partial charge on any atom is 0.128 e. The van der Waals surface area contributed by atoms with E-state index >= 15 is 0 Å². The molecule has 0 aliphatic heterocycles. The minimum atomic E-state index is -0.129. The summed E-state index contributed by atoms with van der Waals surface area (Å²) in [6, 6.07) is 14.9. The molecule has 3 rings (SSSR count). The van der Waals surface area contributed by atoms with Crippen LogP contribution in [-0.4, -0.2) is 17.4 Å². The highest BCUT2D eigenvalue weighted by Gasteiger charge is 2.23. The summed E-state index contributed by atoms with van der Waals surface area (Å²) in [5.41, 5.74) is 3.96. The molecule has 0 amide bonds. The molecule has 1 aliphatic rings. The Labute approximate surface area is 158 Å². The molecule has 2 aromatic rings. The molecule has 1 aliphatic carbocycles. The fourth-order valence-corrected chi connectivity index (χ4v) is 3.82. The third-order valence-corrected chi connectivity index (χ3v) is 5.53. The van der Waals surface area contributed by atoms with Gasteiger partial charge >= 0.3 is 0 Å². The molecule has 0 spiro atoms. The highest BCUT2D eigenvalue weighted by Crippen LogP contribution is 2.37. The molecule has 0 saturated heterocycles. The van der Waals surface area contributed by atoms with Crippen molar-refractivity contribution in [3.63, 3.8) is 0 Å². The first-order chi connectivity index (χ1) is 12.4. The van der Waals surface area contributed by atoms with Gasteiger partial charge in [-0.1, -0.05) is 70.9 Å². The molecule has 2 unspecified atom stereocenters. The molecule has 0 bridgehead atoms. The van der Waals surface area contributed by atoms with E-state index in [1.807, 2.05) is 12.3 Å². The zero-order valence-electron chi connectivity index (χ0n) is 16.5. The van der Waals surface area contributed by atoms with Crippen molar-refractivity contribution in [2.75, 3.05) is 0 Å². The van der Waals surface area contributed by atoms with Crippen LogP contribution in [0.2, 0.25) is 0 Å². The van der Waals surface area contributed by atoms with E-state index in [0.717, 1.165) is 23.1 Å². The smallest absolute Gasteiger partial charge is 0.128 e. The van der Waals surface area contributed by atoms with Crippen molar-refractivity contribution in [1.29, 1.82) is 0 Å². The van der Waals surface area contributed by atoms with E-state index in [2.05, 4.69) is 64.1 Å². The van der Waals surface area contributed by atoms with Gasteiger partial charge in [0.05, 0.1) is 6.04 Å². The standard InChI is InChI=1S/C24H31NO/c1-17-10-8-9-13-22(17)25-16-20-14-19(18-11-6-5-7-12-18)15-21(23(20)26)24(2,3)4/h5-7,11-12,14-17,22,26H,8-10,13H2,1-4H3. The lowest BCUT2D eigenvalue weighted by molar-refractivity contribution is 0.333. The van der Waals surface area contributed by atoms with Gasteiger partial charge in [0.15, 0.2) is 0 Å². The van der Waals surface area contributed by atoms with Crippen LogP contribution in [0, 0.1) is 5.92 Å². The second-order valence-corrected chi connectivity index (χ2v) is 8.68. The Morgan fingerprint density at radius 2 is 1.69 bits per heavy atom. The summed E-state index contributed by atoms with van der Waals surface area (Å²) in [7, 11) is 0. The van der Waals surface area contributed by atoms with Gasteiger partial charge in [-0.25, -0.2) is 0 Å². The molecular formula is C24H31NO. The third kappa shape index (κ3) is 4.17. The topological polar surface area (TPSA) is 32.6 Å². The first-order valence-electron chi connectivity index (χ1n) is 9.82. The number of phenols is 1. The predicted molar refractivity (Wildman–Crippen MR) is 111 cm³/mol. The lowest BCUT2D eigenvalue weighted by Crippen LogP contribution is -2.20. The van der Waals surface area contributed by atoms with Gasteiger partial charge in [0.2, 0.25) is 0 Å². The molecule has 1 fully saturated rings. The molecular weight excluding hydrogens is 318 g/mol. The molecule has 2 atom stereocenters. The summed E-state index contributed by atoms with van der Waals surface area (Å²) in [6.07, 6.45) is 6.89. The second-order valence-electron chi connectivity index (χ2n) is 8.68. The van der Waals surface area contributed by atoms with Crippen LogP contribution >= 0.6 is 0 Å². The Balaban J connectivity index is 2.03. The van der Waals surface area contributed by atoms with E-state index in [-0.39, 0.29) is 5.41 Å². The van der Waals surface area contributed by atoms with Gasteiger partial charge in [-0.05, 0) is 47.4 Å². The van der Waals surface area contributed by atoms with Crippen molar-refractivity contribution in [2.24, 2.45) is 10.9 Å². The zero-order chi connectivity index (χ0) is 18.7. The van der Waals surface area contributed by atoms with Crippen LogP contribution in [-0.2, 0) is 5.41 Å². The van der Waals surface area contributed by atoms with Crippen LogP contribution in [0.1, 0.15) is 64.5 Å². The third-order valence-electron chi connectivity index (χ3n) is 5.53. The van der Waals surface area contributed by atoms with Gasteiger partial charge < -0.3 is 5.11 Å². The number of hydrogen-bond acceptors (Lipinski definition) is 2. The Kier molecular flexibility index (Phi) is 5.50. The Morgan fingerprint density at radius 3 is 2.35 bits per heavy atom. The number of hydrogen-bond donors (Lipinski definition) is 1. The summed E-state index contributed by atoms with van der Waals surface area (Å²) in [5.74, 6) is 0.992. The van der Waals surface area contributed by atoms with Gasteiger partial charge in [0.25, 0.3) is 0 Å². The summed E-state index contributed by atoms with van der Waals surface area (Å²) < 4.78 is 0. The Morgan fingerprint density at radius 1 is 1.00 bits per heavy atom. The number of nitrogens with zero attached hydrogens (tertiary/aromatic N) is 1. The summed E-state index contributed by atoms with van der Waals surface area (Å²) in [6.45, 7) is 8.71. The van der Waals surface area contributed by atoms with Crippen molar-refractivity contribution >= 4 is 6.21 Å². The van der Waals surface area contributed by atoms with E-state index in [9.17, 15) is 5.11 Å². The fourth-order valence-electron chi connectivity index (χ4n) is 3.82. The van der Waals surface area contributed by atoms with Crippen LogP contribution in [0.25, 0.3) is 11.1 Å². The largest absolute Gasteiger partial charge is 0.507 e. The average molecular weight is 350 g/mol. The van der Waals surface area contributed by atoms with Crippen molar-refractivity contribution in [3.05, 3.63) is 53.6 Å². The lowest BCUT2D eigenvalue weighted by atomic mass is 9.83. The van der Waals surface area contributed by atoms with Gasteiger partial charge in [0, 0.05) is 17.3 Å². The molecule has 1 saturated carbocycles. The van der Waals surface area contributed by atoms with Gasteiger partial charge in [-0.3, -0.25) is 4.99 Å².